The van der Waals surface area contributed by atoms with Crippen molar-refractivity contribution < 1.29 is 0 Å². The van der Waals surface area contributed by atoms with Gasteiger partial charge < -0.3 is 9.88 Å². The smallest absolute Gasteiger partial charge is 0.123 e. The molecule has 0 saturated heterocycles. The van der Waals surface area contributed by atoms with Crippen molar-refractivity contribution >= 4 is 0 Å². The van der Waals surface area contributed by atoms with E-state index in [4.69, 9.17) is 6.42 Å². The van der Waals surface area contributed by atoms with Gasteiger partial charge in [-0.1, -0.05) is 5.92 Å². The standard InChI is InChI=1S/C8H9N3/c1-2-7-5-10-8-6-9-3-4-11(7)8/h1,5,9H,3-4,6H2. The Morgan fingerprint density at radius 3 is 3.45 bits per heavy atom. The van der Waals surface area contributed by atoms with Crippen LogP contribution in [0.2, 0.25) is 0 Å². The van der Waals surface area contributed by atoms with E-state index < -0.39 is 0 Å². The van der Waals surface area contributed by atoms with Crippen molar-refractivity contribution in [2.24, 2.45) is 0 Å². The van der Waals surface area contributed by atoms with Gasteiger partial charge >= 0.3 is 0 Å². The van der Waals surface area contributed by atoms with E-state index >= 15 is 0 Å². The first-order chi connectivity index (χ1) is 5.42. The first-order valence-electron chi connectivity index (χ1n) is 3.63. The maximum Gasteiger partial charge on any atom is 0.123 e. The normalized spacial score (nSPS) is 15.5. The Balaban J connectivity index is 2.48. The first-order valence-corrected chi connectivity index (χ1v) is 3.63. The minimum atomic E-state index is 0.835. The molecule has 0 bridgehead atoms. The van der Waals surface area contributed by atoms with Crippen molar-refractivity contribution in [1.29, 1.82) is 0 Å². The van der Waals surface area contributed by atoms with Crippen molar-refractivity contribution in [3.05, 3.63) is 17.7 Å². The SMILES string of the molecule is C#Cc1cnc2n1CCNC2. The predicted molar refractivity (Wildman–Crippen MR) is 41.9 cm³/mol. The quantitative estimate of drug-likeness (QED) is 0.522. The Bertz CT molecular complexity index is 306. The molecule has 1 N–H and O–H groups in total. The van der Waals surface area contributed by atoms with Crippen molar-refractivity contribution in [1.82, 2.24) is 14.9 Å². The molecule has 2 rings (SSSR count). The van der Waals surface area contributed by atoms with Gasteiger partial charge in [-0.05, 0) is 0 Å². The third-order valence-corrected chi connectivity index (χ3v) is 1.88. The highest BCUT2D eigenvalue weighted by molar-refractivity contribution is 5.25. The van der Waals surface area contributed by atoms with E-state index in [9.17, 15) is 0 Å². The average molecular weight is 147 g/mol. The average Bonchev–Trinajstić information content (AvgIpc) is 2.47. The number of terminal acetylenes is 1. The van der Waals surface area contributed by atoms with Crippen LogP contribution in [0.1, 0.15) is 11.5 Å². The molecule has 0 fully saturated rings. The molecule has 1 aromatic heterocycles. The van der Waals surface area contributed by atoms with E-state index in [1.165, 1.54) is 0 Å². The number of imidazole rings is 1. The molecular weight excluding hydrogens is 138 g/mol. The molecule has 3 heteroatoms. The van der Waals surface area contributed by atoms with Gasteiger partial charge in [-0.25, -0.2) is 4.98 Å². The lowest BCUT2D eigenvalue weighted by molar-refractivity contribution is 0.503. The molecule has 0 aliphatic carbocycles. The van der Waals surface area contributed by atoms with E-state index in [-0.39, 0.29) is 0 Å². The molecule has 0 atom stereocenters. The van der Waals surface area contributed by atoms with Crippen LogP contribution in [-0.4, -0.2) is 16.1 Å². The van der Waals surface area contributed by atoms with Gasteiger partial charge in [0.25, 0.3) is 0 Å². The minimum absolute atomic E-state index is 0.835. The molecule has 0 amide bonds. The van der Waals surface area contributed by atoms with Crippen LogP contribution in [0.15, 0.2) is 6.20 Å². The largest absolute Gasteiger partial charge is 0.319 e. The zero-order chi connectivity index (χ0) is 7.68. The molecule has 0 radical (unpaired) electrons. The number of hydrogen-bond donors (Lipinski definition) is 1. The second-order valence-corrected chi connectivity index (χ2v) is 2.53. The molecule has 0 spiro atoms. The number of fused-ring (bicyclic) bond motifs is 1. The lowest BCUT2D eigenvalue weighted by atomic mass is 10.4. The van der Waals surface area contributed by atoms with Crippen LogP contribution in [0.25, 0.3) is 0 Å². The monoisotopic (exact) mass is 147 g/mol. The summed E-state index contributed by atoms with van der Waals surface area (Å²) in [6.45, 7) is 2.76. The fourth-order valence-electron chi connectivity index (χ4n) is 1.31. The van der Waals surface area contributed by atoms with Crippen LogP contribution in [0.4, 0.5) is 0 Å². The van der Waals surface area contributed by atoms with Crippen LogP contribution in [0.5, 0.6) is 0 Å². The third kappa shape index (κ3) is 0.920. The van der Waals surface area contributed by atoms with E-state index in [0.29, 0.717) is 0 Å². The number of nitrogens with one attached hydrogen (secondary N) is 1. The van der Waals surface area contributed by atoms with E-state index in [0.717, 1.165) is 31.2 Å². The van der Waals surface area contributed by atoms with Crippen LogP contribution in [-0.2, 0) is 13.1 Å². The molecule has 11 heavy (non-hydrogen) atoms. The fourth-order valence-corrected chi connectivity index (χ4v) is 1.31. The summed E-state index contributed by atoms with van der Waals surface area (Å²) in [5, 5.41) is 3.23. The summed E-state index contributed by atoms with van der Waals surface area (Å²) < 4.78 is 2.08. The number of hydrogen-bond acceptors (Lipinski definition) is 2. The Hall–Kier alpha value is -1.27. The molecular formula is C8H9N3. The van der Waals surface area contributed by atoms with Gasteiger partial charge in [-0.2, -0.15) is 0 Å². The molecule has 1 aliphatic rings. The predicted octanol–water partition coefficient (Wildman–Crippen LogP) is -0.0324. The summed E-state index contributed by atoms with van der Waals surface area (Å²) in [6.07, 6.45) is 7.04. The lowest BCUT2D eigenvalue weighted by Crippen LogP contribution is -2.28. The maximum absolute atomic E-state index is 5.29. The summed E-state index contributed by atoms with van der Waals surface area (Å²) >= 11 is 0. The lowest BCUT2D eigenvalue weighted by Gasteiger charge is -2.15. The van der Waals surface area contributed by atoms with Gasteiger partial charge in [-0.15, -0.1) is 6.42 Å². The van der Waals surface area contributed by atoms with Crippen molar-refractivity contribution in [3.8, 4) is 12.3 Å². The van der Waals surface area contributed by atoms with E-state index in [2.05, 4.69) is 20.8 Å². The van der Waals surface area contributed by atoms with Gasteiger partial charge in [0, 0.05) is 13.1 Å². The Morgan fingerprint density at radius 2 is 2.64 bits per heavy atom. The first kappa shape index (κ1) is 6.44. The molecule has 0 saturated carbocycles. The Morgan fingerprint density at radius 1 is 1.73 bits per heavy atom. The highest BCUT2D eigenvalue weighted by atomic mass is 15.1. The van der Waals surface area contributed by atoms with Crippen molar-refractivity contribution in [2.75, 3.05) is 6.54 Å². The van der Waals surface area contributed by atoms with Gasteiger partial charge in [-0.3, -0.25) is 0 Å². The number of aromatic nitrogens is 2. The highest BCUT2D eigenvalue weighted by Gasteiger charge is 2.10. The van der Waals surface area contributed by atoms with Crippen LogP contribution < -0.4 is 5.32 Å². The summed E-state index contributed by atoms with van der Waals surface area (Å²) in [7, 11) is 0. The molecule has 3 nitrogen and oxygen atoms in total. The summed E-state index contributed by atoms with van der Waals surface area (Å²) in [5.74, 6) is 3.65. The number of rotatable bonds is 0. The molecule has 0 aromatic carbocycles. The van der Waals surface area contributed by atoms with Gasteiger partial charge in [0.1, 0.15) is 11.5 Å². The molecule has 56 valence electrons. The highest BCUT2D eigenvalue weighted by Crippen LogP contribution is 2.06. The van der Waals surface area contributed by atoms with Gasteiger partial charge in [0.15, 0.2) is 0 Å². The van der Waals surface area contributed by atoms with Crippen LogP contribution in [0.3, 0.4) is 0 Å². The Kier molecular flexibility index (Phi) is 1.41. The summed E-state index contributed by atoms with van der Waals surface area (Å²) in [5.41, 5.74) is 0.890. The van der Waals surface area contributed by atoms with E-state index in [1.807, 2.05) is 0 Å². The maximum atomic E-state index is 5.29. The third-order valence-electron chi connectivity index (χ3n) is 1.88. The minimum Gasteiger partial charge on any atom is -0.319 e. The topological polar surface area (TPSA) is 29.9 Å². The van der Waals surface area contributed by atoms with Gasteiger partial charge in [0.05, 0.1) is 12.7 Å². The van der Waals surface area contributed by atoms with Crippen LogP contribution >= 0.6 is 0 Å². The van der Waals surface area contributed by atoms with Gasteiger partial charge in [0.2, 0.25) is 0 Å². The summed E-state index contributed by atoms with van der Waals surface area (Å²) in [4.78, 5) is 4.19. The van der Waals surface area contributed by atoms with Crippen molar-refractivity contribution in [2.45, 2.75) is 13.1 Å². The van der Waals surface area contributed by atoms with Crippen molar-refractivity contribution in [3.63, 3.8) is 0 Å². The molecule has 1 aliphatic heterocycles. The van der Waals surface area contributed by atoms with E-state index in [1.54, 1.807) is 6.20 Å². The molecule has 2 heterocycles. The second-order valence-electron chi connectivity index (χ2n) is 2.53. The number of nitrogens with zero attached hydrogens (tertiary/aromatic N) is 2. The summed E-state index contributed by atoms with van der Waals surface area (Å²) in [6, 6.07) is 0. The zero-order valence-electron chi connectivity index (χ0n) is 6.17. The fraction of sp³-hybridized carbons (Fsp3) is 0.375. The van der Waals surface area contributed by atoms with Crippen LogP contribution in [0, 0.1) is 12.3 Å². The second kappa shape index (κ2) is 2.40. The zero-order valence-corrected chi connectivity index (χ0v) is 6.17. The molecule has 1 aromatic rings. The Labute approximate surface area is 65.4 Å². The molecule has 0 unspecified atom stereocenters.